The van der Waals surface area contributed by atoms with Crippen molar-refractivity contribution in [1.29, 1.82) is 0 Å². The van der Waals surface area contributed by atoms with E-state index in [1.165, 1.54) is 0 Å². The van der Waals surface area contributed by atoms with Crippen LogP contribution >= 0.6 is 0 Å². The fourth-order valence-corrected chi connectivity index (χ4v) is 1.93. The standard InChI is InChI=1S/C7H13N3O/c1-8-2-7-3-9(6-11)5-10(7)4-8/h6-7H,2-5H2,1H3. The van der Waals surface area contributed by atoms with Crippen molar-refractivity contribution in [3.8, 4) is 0 Å². The summed E-state index contributed by atoms with van der Waals surface area (Å²) < 4.78 is 0. The second-order valence-electron chi connectivity index (χ2n) is 3.44. The summed E-state index contributed by atoms with van der Waals surface area (Å²) in [6.07, 6.45) is 0.943. The van der Waals surface area contributed by atoms with Crippen molar-refractivity contribution < 1.29 is 4.79 Å². The lowest BCUT2D eigenvalue weighted by Crippen LogP contribution is -2.28. The second-order valence-corrected chi connectivity index (χ2v) is 3.44. The van der Waals surface area contributed by atoms with E-state index in [0.717, 1.165) is 32.8 Å². The van der Waals surface area contributed by atoms with Crippen LogP contribution in [0.15, 0.2) is 0 Å². The monoisotopic (exact) mass is 155 g/mol. The molecule has 62 valence electrons. The number of carbonyl (C=O) groups excluding carboxylic acids is 1. The Bertz CT molecular complexity index is 159. The molecule has 2 saturated heterocycles. The molecular weight excluding hydrogens is 142 g/mol. The van der Waals surface area contributed by atoms with E-state index in [1.807, 2.05) is 4.90 Å². The zero-order valence-electron chi connectivity index (χ0n) is 6.73. The third-order valence-corrected chi connectivity index (χ3v) is 2.42. The Labute approximate surface area is 66.4 Å². The molecule has 0 bridgehead atoms. The molecule has 4 nitrogen and oxygen atoms in total. The highest BCUT2D eigenvalue weighted by molar-refractivity contribution is 5.47. The lowest BCUT2D eigenvalue weighted by atomic mass is 10.3. The average molecular weight is 155 g/mol. The molecule has 0 aromatic rings. The van der Waals surface area contributed by atoms with E-state index in [2.05, 4.69) is 16.8 Å². The van der Waals surface area contributed by atoms with E-state index in [1.54, 1.807) is 0 Å². The van der Waals surface area contributed by atoms with Crippen LogP contribution in [-0.4, -0.2) is 60.6 Å². The number of amides is 1. The Morgan fingerprint density at radius 2 is 2.18 bits per heavy atom. The van der Waals surface area contributed by atoms with Gasteiger partial charge in [0.1, 0.15) is 0 Å². The highest BCUT2D eigenvalue weighted by Gasteiger charge is 2.35. The summed E-state index contributed by atoms with van der Waals surface area (Å²) in [5.41, 5.74) is 0. The van der Waals surface area contributed by atoms with Gasteiger partial charge in [0.15, 0.2) is 0 Å². The third-order valence-electron chi connectivity index (χ3n) is 2.42. The maximum atomic E-state index is 10.4. The van der Waals surface area contributed by atoms with Gasteiger partial charge in [0.2, 0.25) is 6.41 Å². The van der Waals surface area contributed by atoms with Crippen molar-refractivity contribution in [3.05, 3.63) is 0 Å². The van der Waals surface area contributed by atoms with E-state index >= 15 is 0 Å². The third kappa shape index (κ3) is 1.12. The molecule has 0 radical (unpaired) electrons. The van der Waals surface area contributed by atoms with Crippen molar-refractivity contribution in [2.45, 2.75) is 6.04 Å². The molecule has 2 aliphatic heterocycles. The van der Waals surface area contributed by atoms with Gasteiger partial charge in [0, 0.05) is 19.1 Å². The van der Waals surface area contributed by atoms with Gasteiger partial charge in [0.05, 0.1) is 13.3 Å². The van der Waals surface area contributed by atoms with Gasteiger partial charge in [-0.15, -0.1) is 0 Å². The van der Waals surface area contributed by atoms with Crippen LogP contribution in [0.2, 0.25) is 0 Å². The van der Waals surface area contributed by atoms with E-state index in [4.69, 9.17) is 0 Å². The van der Waals surface area contributed by atoms with Gasteiger partial charge in [-0.25, -0.2) is 0 Å². The Hall–Kier alpha value is -0.610. The van der Waals surface area contributed by atoms with Crippen LogP contribution in [-0.2, 0) is 4.79 Å². The summed E-state index contributed by atoms with van der Waals surface area (Å²) in [6, 6.07) is 0.588. The van der Waals surface area contributed by atoms with Crippen LogP contribution < -0.4 is 0 Å². The van der Waals surface area contributed by atoms with Gasteiger partial charge in [0.25, 0.3) is 0 Å². The maximum absolute atomic E-state index is 10.4. The molecule has 11 heavy (non-hydrogen) atoms. The maximum Gasteiger partial charge on any atom is 0.210 e. The van der Waals surface area contributed by atoms with Crippen molar-refractivity contribution in [2.24, 2.45) is 0 Å². The minimum Gasteiger partial charge on any atom is -0.331 e. The highest BCUT2D eigenvalue weighted by Crippen LogP contribution is 2.18. The van der Waals surface area contributed by atoms with Crippen molar-refractivity contribution >= 4 is 6.41 Å². The van der Waals surface area contributed by atoms with E-state index in [0.29, 0.717) is 6.04 Å². The van der Waals surface area contributed by atoms with Crippen molar-refractivity contribution in [3.63, 3.8) is 0 Å². The normalized spacial score (nSPS) is 32.8. The second kappa shape index (κ2) is 2.46. The van der Waals surface area contributed by atoms with Gasteiger partial charge in [-0.1, -0.05) is 0 Å². The van der Waals surface area contributed by atoms with Gasteiger partial charge in [-0.2, -0.15) is 0 Å². The molecule has 0 spiro atoms. The van der Waals surface area contributed by atoms with Crippen LogP contribution in [0.4, 0.5) is 0 Å². The minimum atomic E-state index is 0.588. The first-order chi connectivity index (χ1) is 5.29. The Balaban J connectivity index is 1.98. The zero-order valence-corrected chi connectivity index (χ0v) is 6.73. The largest absolute Gasteiger partial charge is 0.331 e. The Morgan fingerprint density at radius 1 is 1.36 bits per heavy atom. The molecule has 0 N–H and O–H groups in total. The number of fused-ring (bicyclic) bond motifs is 1. The lowest BCUT2D eigenvalue weighted by molar-refractivity contribution is -0.117. The predicted octanol–water partition coefficient (Wildman–Crippen LogP) is -1.01. The molecule has 0 aliphatic carbocycles. The molecule has 0 aromatic heterocycles. The van der Waals surface area contributed by atoms with Crippen LogP contribution in [0, 0.1) is 0 Å². The van der Waals surface area contributed by atoms with E-state index in [9.17, 15) is 4.79 Å². The fourth-order valence-electron chi connectivity index (χ4n) is 1.93. The van der Waals surface area contributed by atoms with E-state index in [-0.39, 0.29) is 0 Å². The smallest absolute Gasteiger partial charge is 0.210 e. The molecule has 0 aromatic carbocycles. The molecule has 1 atom stereocenters. The molecule has 1 amide bonds. The molecule has 2 fully saturated rings. The van der Waals surface area contributed by atoms with Crippen molar-refractivity contribution in [1.82, 2.24) is 14.7 Å². The van der Waals surface area contributed by atoms with E-state index < -0.39 is 0 Å². The fraction of sp³-hybridized carbons (Fsp3) is 0.857. The van der Waals surface area contributed by atoms with Gasteiger partial charge >= 0.3 is 0 Å². The first-order valence-electron chi connectivity index (χ1n) is 3.91. The molecule has 0 saturated carbocycles. The van der Waals surface area contributed by atoms with Gasteiger partial charge in [-0.3, -0.25) is 14.6 Å². The zero-order chi connectivity index (χ0) is 7.84. The number of hydrogen-bond acceptors (Lipinski definition) is 3. The van der Waals surface area contributed by atoms with Gasteiger partial charge in [-0.05, 0) is 7.05 Å². The number of likely N-dealkylation sites (N-methyl/N-ethyl adjacent to an activating group) is 1. The van der Waals surface area contributed by atoms with Crippen LogP contribution in [0.25, 0.3) is 0 Å². The summed E-state index contributed by atoms with van der Waals surface area (Å²) >= 11 is 0. The molecule has 4 heteroatoms. The molecule has 2 aliphatic rings. The van der Waals surface area contributed by atoms with Crippen molar-refractivity contribution in [2.75, 3.05) is 33.5 Å². The summed E-state index contributed by atoms with van der Waals surface area (Å²) in [6.45, 7) is 3.84. The number of rotatable bonds is 1. The summed E-state index contributed by atoms with van der Waals surface area (Å²) in [7, 11) is 2.11. The Morgan fingerprint density at radius 3 is 2.82 bits per heavy atom. The Kier molecular flexibility index (Phi) is 1.58. The average Bonchev–Trinajstić information content (AvgIpc) is 2.43. The summed E-state index contributed by atoms with van der Waals surface area (Å²) in [5, 5.41) is 0. The number of carbonyl (C=O) groups is 1. The summed E-state index contributed by atoms with van der Waals surface area (Å²) in [5.74, 6) is 0. The molecular formula is C7H13N3O. The van der Waals surface area contributed by atoms with Crippen LogP contribution in [0.1, 0.15) is 0 Å². The van der Waals surface area contributed by atoms with Crippen LogP contribution in [0.5, 0.6) is 0 Å². The van der Waals surface area contributed by atoms with Gasteiger partial charge < -0.3 is 4.90 Å². The number of hydrogen-bond donors (Lipinski definition) is 0. The highest BCUT2D eigenvalue weighted by atomic mass is 16.1. The molecule has 2 heterocycles. The molecule has 2 rings (SSSR count). The first-order valence-corrected chi connectivity index (χ1v) is 3.91. The number of nitrogens with zero attached hydrogens (tertiary/aromatic N) is 3. The first kappa shape index (κ1) is 7.06. The predicted molar refractivity (Wildman–Crippen MR) is 40.8 cm³/mol. The topological polar surface area (TPSA) is 26.8 Å². The SMILES string of the molecule is CN1CC2CN(C=O)CN2C1. The lowest BCUT2D eigenvalue weighted by Gasteiger charge is -2.14. The quantitative estimate of drug-likeness (QED) is 0.454. The minimum absolute atomic E-state index is 0.588. The summed E-state index contributed by atoms with van der Waals surface area (Å²) in [4.78, 5) is 16.8. The van der Waals surface area contributed by atoms with Crippen LogP contribution in [0.3, 0.4) is 0 Å². The molecule has 1 unspecified atom stereocenters.